The number of halogens is 2. The summed E-state index contributed by atoms with van der Waals surface area (Å²) in [6.45, 7) is 3.15. The number of hydrogen-bond acceptors (Lipinski definition) is 5. The zero-order valence-electron chi connectivity index (χ0n) is 20.9. The molecule has 0 spiro atoms. The van der Waals surface area contributed by atoms with Crippen molar-refractivity contribution in [2.45, 2.75) is 64.1 Å². The number of carbonyl (C=O) groups excluding carboxylic acids is 1. The Morgan fingerprint density at radius 1 is 1.24 bits per heavy atom. The minimum atomic E-state index is -0.626. The summed E-state index contributed by atoms with van der Waals surface area (Å²) in [6.07, 6.45) is 5.07. The molecule has 2 fully saturated rings. The number of hydrogen-bond donors (Lipinski definition) is 1. The van der Waals surface area contributed by atoms with Crippen LogP contribution < -0.4 is 10.4 Å². The molecular formula is C29H31ClFNO5. The zero-order valence-corrected chi connectivity index (χ0v) is 21.7. The number of likely N-dealkylation sites (tertiary alicyclic amines) is 1. The summed E-state index contributed by atoms with van der Waals surface area (Å²) in [5, 5.41) is 11.9. The van der Waals surface area contributed by atoms with Crippen molar-refractivity contribution >= 4 is 28.5 Å². The third kappa shape index (κ3) is 5.39. The molecule has 1 aliphatic carbocycles. The number of nitrogens with zero attached hydrogens (tertiary/aromatic N) is 1. The van der Waals surface area contributed by atoms with Crippen LogP contribution in [0.5, 0.6) is 5.75 Å². The van der Waals surface area contributed by atoms with Crippen LogP contribution in [-0.2, 0) is 17.8 Å². The van der Waals surface area contributed by atoms with Crippen molar-refractivity contribution in [3.05, 3.63) is 74.3 Å². The van der Waals surface area contributed by atoms with Gasteiger partial charge in [0.1, 0.15) is 23.8 Å². The lowest BCUT2D eigenvalue weighted by Crippen LogP contribution is -2.54. The van der Waals surface area contributed by atoms with Crippen molar-refractivity contribution in [2.75, 3.05) is 13.1 Å². The summed E-state index contributed by atoms with van der Waals surface area (Å²) in [7, 11) is 0. The van der Waals surface area contributed by atoms with Gasteiger partial charge in [0.2, 0.25) is 5.91 Å². The normalized spacial score (nSPS) is 21.6. The van der Waals surface area contributed by atoms with Gasteiger partial charge in [0.25, 0.3) is 0 Å². The van der Waals surface area contributed by atoms with Crippen LogP contribution in [0, 0.1) is 18.7 Å². The molecule has 1 saturated heterocycles. The van der Waals surface area contributed by atoms with Crippen LogP contribution in [0.25, 0.3) is 11.0 Å². The van der Waals surface area contributed by atoms with E-state index in [9.17, 15) is 19.1 Å². The van der Waals surface area contributed by atoms with E-state index in [0.29, 0.717) is 48.4 Å². The van der Waals surface area contributed by atoms with E-state index in [0.717, 1.165) is 36.6 Å². The Labute approximate surface area is 220 Å². The Hall–Kier alpha value is -2.90. The minimum Gasteiger partial charge on any atom is -0.489 e. The second kappa shape index (κ2) is 10.5. The summed E-state index contributed by atoms with van der Waals surface area (Å²) < 4.78 is 24.6. The fourth-order valence-corrected chi connectivity index (χ4v) is 5.96. The molecule has 37 heavy (non-hydrogen) atoms. The second-order valence-electron chi connectivity index (χ2n) is 10.3. The topological polar surface area (TPSA) is 80.0 Å². The lowest BCUT2D eigenvalue weighted by Gasteiger charge is -2.47. The molecule has 1 amide bonds. The van der Waals surface area contributed by atoms with E-state index in [1.165, 1.54) is 12.1 Å². The van der Waals surface area contributed by atoms with Gasteiger partial charge in [-0.1, -0.05) is 30.5 Å². The first kappa shape index (κ1) is 25.7. The lowest BCUT2D eigenvalue weighted by molar-refractivity contribution is -0.143. The van der Waals surface area contributed by atoms with Crippen molar-refractivity contribution in [1.29, 1.82) is 0 Å². The molecular weight excluding hydrogens is 497 g/mol. The predicted octanol–water partition coefficient (Wildman–Crippen LogP) is 5.56. The third-order valence-corrected chi connectivity index (χ3v) is 8.39. The second-order valence-corrected chi connectivity index (χ2v) is 10.7. The largest absolute Gasteiger partial charge is 0.489 e. The maximum absolute atomic E-state index is 13.3. The Balaban J connectivity index is 1.25. The standard InChI is InChI=1S/C29H31ClFNO5/c1-18-23-8-7-22(36-17-19-5-6-21(31)14-25(19)30)15-26(23)37-28(34)24(18)9-10-27(33)32-13-12-29(35)11-3-2-4-20(29)16-32/h5-8,14-15,20,35H,2-4,9-13,16-17H2,1H3/t20-,29+/m1/s1. The van der Waals surface area contributed by atoms with E-state index in [4.69, 9.17) is 20.8 Å². The summed E-state index contributed by atoms with van der Waals surface area (Å²) in [6, 6.07) is 9.37. The van der Waals surface area contributed by atoms with Gasteiger partial charge in [0.15, 0.2) is 0 Å². The van der Waals surface area contributed by atoms with Crippen LogP contribution in [-0.4, -0.2) is 34.6 Å². The molecule has 5 rings (SSSR count). The number of fused-ring (bicyclic) bond motifs is 2. The molecule has 2 atom stereocenters. The number of aryl methyl sites for hydroxylation is 1. The summed E-state index contributed by atoms with van der Waals surface area (Å²) >= 11 is 6.07. The van der Waals surface area contributed by atoms with Gasteiger partial charge < -0.3 is 19.2 Å². The highest BCUT2D eigenvalue weighted by Gasteiger charge is 2.43. The highest BCUT2D eigenvalue weighted by Crippen LogP contribution is 2.40. The molecule has 1 saturated carbocycles. The fraction of sp³-hybridized carbons (Fsp3) is 0.448. The molecule has 0 bridgehead atoms. The molecule has 1 N–H and O–H groups in total. The predicted molar refractivity (Wildman–Crippen MR) is 139 cm³/mol. The molecule has 0 radical (unpaired) electrons. The summed E-state index contributed by atoms with van der Waals surface area (Å²) in [5.41, 5.74) is 1.23. The van der Waals surface area contributed by atoms with E-state index >= 15 is 0 Å². The van der Waals surface area contributed by atoms with E-state index < -0.39 is 17.0 Å². The molecule has 2 aromatic carbocycles. The molecule has 6 nitrogen and oxygen atoms in total. The minimum absolute atomic E-state index is 0.00900. The number of carbonyl (C=O) groups is 1. The van der Waals surface area contributed by atoms with Gasteiger partial charge >= 0.3 is 5.63 Å². The quantitative estimate of drug-likeness (QED) is 0.425. The zero-order chi connectivity index (χ0) is 26.2. The summed E-state index contributed by atoms with van der Waals surface area (Å²) in [4.78, 5) is 27.6. The van der Waals surface area contributed by atoms with Gasteiger partial charge in [-0.05, 0) is 62.4 Å². The maximum atomic E-state index is 13.3. The Bertz CT molecular complexity index is 1390. The number of aliphatic hydroxyl groups is 1. The highest BCUT2D eigenvalue weighted by molar-refractivity contribution is 6.31. The van der Waals surface area contributed by atoms with Crippen LogP contribution in [0.15, 0.2) is 45.6 Å². The van der Waals surface area contributed by atoms with Crippen molar-refractivity contribution in [3.63, 3.8) is 0 Å². The smallest absolute Gasteiger partial charge is 0.339 e. The average molecular weight is 528 g/mol. The first-order valence-electron chi connectivity index (χ1n) is 12.9. The van der Waals surface area contributed by atoms with E-state index in [-0.39, 0.29) is 29.9 Å². The Morgan fingerprint density at radius 3 is 2.89 bits per heavy atom. The van der Waals surface area contributed by atoms with Crippen LogP contribution in [0.4, 0.5) is 4.39 Å². The molecule has 1 aliphatic heterocycles. The van der Waals surface area contributed by atoms with Crippen molar-refractivity contribution in [2.24, 2.45) is 5.92 Å². The number of piperidine rings is 1. The molecule has 196 valence electrons. The van der Waals surface area contributed by atoms with Crippen LogP contribution in [0.3, 0.4) is 0 Å². The summed E-state index contributed by atoms with van der Waals surface area (Å²) in [5.74, 6) is 0.226. The monoisotopic (exact) mass is 527 g/mol. The average Bonchev–Trinajstić information content (AvgIpc) is 2.87. The maximum Gasteiger partial charge on any atom is 0.339 e. The molecule has 1 aromatic heterocycles. The number of ether oxygens (including phenoxy) is 1. The van der Waals surface area contributed by atoms with E-state index in [1.54, 1.807) is 18.2 Å². The van der Waals surface area contributed by atoms with Crippen molar-refractivity contribution < 1.29 is 23.4 Å². The molecule has 8 heteroatoms. The third-order valence-electron chi connectivity index (χ3n) is 8.04. The molecule has 0 unspecified atom stereocenters. The van der Waals surface area contributed by atoms with Crippen LogP contribution in [0.2, 0.25) is 5.02 Å². The number of rotatable bonds is 6. The first-order valence-corrected chi connectivity index (χ1v) is 13.2. The van der Waals surface area contributed by atoms with Crippen LogP contribution >= 0.6 is 11.6 Å². The fourth-order valence-electron chi connectivity index (χ4n) is 5.74. The van der Waals surface area contributed by atoms with Gasteiger partial charge in [-0.3, -0.25) is 4.79 Å². The lowest BCUT2D eigenvalue weighted by atomic mass is 9.71. The van der Waals surface area contributed by atoms with Gasteiger partial charge in [-0.15, -0.1) is 0 Å². The Kier molecular flexibility index (Phi) is 7.28. The van der Waals surface area contributed by atoms with Crippen molar-refractivity contribution in [1.82, 2.24) is 4.90 Å². The van der Waals surface area contributed by atoms with Crippen LogP contribution in [0.1, 0.15) is 55.2 Å². The first-order chi connectivity index (χ1) is 17.7. The van der Waals surface area contributed by atoms with Gasteiger partial charge in [0, 0.05) is 48.0 Å². The van der Waals surface area contributed by atoms with Gasteiger partial charge in [-0.2, -0.15) is 0 Å². The van der Waals surface area contributed by atoms with Gasteiger partial charge in [-0.25, -0.2) is 9.18 Å². The van der Waals surface area contributed by atoms with E-state index in [1.807, 2.05) is 17.9 Å². The molecule has 2 aliphatic rings. The Morgan fingerprint density at radius 2 is 2.08 bits per heavy atom. The highest BCUT2D eigenvalue weighted by atomic mass is 35.5. The van der Waals surface area contributed by atoms with Gasteiger partial charge in [0.05, 0.1) is 10.6 Å². The number of benzene rings is 2. The van der Waals surface area contributed by atoms with E-state index in [2.05, 4.69) is 0 Å². The number of amides is 1. The molecule has 2 heterocycles. The SMILES string of the molecule is Cc1c(CCC(=O)N2CC[C@@]3(O)CCCC[C@@H]3C2)c(=O)oc2cc(OCc3ccc(F)cc3Cl)ccc12. The van der Waals surface area contributed by atoms with Crippen molar-refractivity contribution in [3.8, 4) is 5.75 Å². The molecule has 3 aromatic rings.